The number of hydrazine groups is 1. The lowest BCUT2D eigenvalue weighted by molar-refractivity contribution is 0.543. The molecule has 0 fully saturated rings. The second kappa shape index (κ2) is 5.48. The van der Waals surface area contributed by atoms with Crippen LogP contribution in [0, 0.1) is 6.92 Å². The Balaban J connectivity index is 2.25. The third-order valence-electron chi connectivity index (χ3n) is 2.88. The Bertz CT molecular complexity index is 537. The van der Waals surface area contributed by atoms with Crippen LogP contribution < -0.4 is 11.3 Å². The Morgan fingerprint density at radius 1 is 1.50 bits per heavy atom. The quantitative estimate of drug-likeness (QED) is 0.650. The number of aromatic nitrogens is 3. The second-order valence-electron chi connectivity index (χ2n) is 4.31. The smallest absolute Gasteiger partial charge is 0.0846 e. The lowest BCUT2D eigenvalue weighted by Gasteiger charge is -2.17. The molecule has 0 amide bonds. The average molecular weight is 266 g/mol. The summed E-state index contributed by atoms with van der Waals surface area (Å²) in [4.78, 5) is 0. The zero-order chi connectivity index (χ0) is 13.1. The number of nitrogens with zero attached hydrogens (tertiary/aromatic N) is 3. The van der Waals surface area contributed by atoms with Crippen molar-refractivity contribution in [1.29, 1.82) is 0 Å². The van der Waals surface area contributed by atoms with Gasteiger partial charge in [0.2, 0.25) is 0 Å². The molecule has 0 aliphatic rings. The van der Waals surface area contributed by atoms with Crippen LogP contribution in [0.25, 0.3) is 0 Å². The van der Waals surface area contributed by atoms with Crippen molar-refractivity contribution in [2.45, 2.75) is 19.4 Å². The molecule has 0 aliphatic heterocycles. The Hall–Kier alpha value is -1.43. The van der Waals surface area contributed by atoms with Gasteiger partial charge in [-0.1, -0.05) is 22.9 Å². The third kappa shape index (κ3) is 2.87. The zero-order valence-electron chi connectivity index (χ0n) is 10.4. The SMILES string of the molecule is Cc1ccc(Cl)cc1C(Cc1cn(C)nn1)NN. The predicted molar refractivity (Wildman–Crippen MR) is 71.0 cm³/mol. The van der Waals surface area contributed by atoms with Crippen LogP contribution in [-0.4, -0.2) is 15.0 Å². The maximum atomic E-state index is 6.02. The average Bonchev–Trinajstić information content (AvgIpc) is 2.75. The molecule has 2 aromatic rings. The molecule has 5 nitrogen and oxygen atoms in total. The lowest BCUT2D eigenvalue weighted by Crippen LogP contribution is -2.30. The van der Waals surface area contributed by atoms with Gasteiger partial charge in [-0.05, 0) is 30.2 Å². The van der Waals surface area contributed by atoms with Crippen molar-refractivity contribution >= 4 is 11.6 Å². The molecule has 1 heterocycles. The second-order valence-corrected chi connectivity index (χ2v) is 4.74. The van der Waals surface area contributed by atoms with E-state index >= 15 is 0 Å². The van der Waals surface area contributed by atoms with Crippen molar-refractivity contribution in [2.75, 3.05) is 0 Å². The highest BCUT2D eigenvalue weighted by atomic mass is 35.5. The minimum Gasteiger partial charge on any atom is -0.271 e. The first kappa shape index (κ1) is 13.0. The topological polar surface area (TPSA) is 68.8 Å². The molecular weight excluding hydrogens is 250 g/mol. The van der Waals surface area contributed by atoms with Gasteiger partial charge in [0.15, 0.2) is 0 Å². The van der Waals surface area contributed by atoms with Crippen molar-refractivity contribution in [1.82, 2.24) is 20.4 Å². The number of rotatable bonds is 4. The summed E-state index contributed by atoms with van der Waals surface area (Å²) in [6, 6.07) is 5.76. The van der Waals surface area contributed by atoms with Crippen LogP contribution in [0.2, 0.25) is 5.02 Å². The standard InChI is InChI=1S/C12H16ClN5/c1-8-3-4-9(13)5-11(8)12(15-14)6-10-7-18(2)17-16-10/h3-5,7,12,15H,6,14H2,1-2H3. The zero-order valence-corrected chi connectivity index (χ0v) is 11.1. The van der Waals surface area contributed by atoms with Gasteiger partial charge < -0.3 is 0 Å². The van der Waals surface area contributed by atoms with Crippen LogP contribution >= 0.6 is 11.6 Å². The van der Waals surface area contributed by atoms with Gasteiger partial charge in [-0.3, -0.25) is 16.0 Å². The molecular formula is C12H16ClN5. The maximum Gasteiger partial charge on any atom is 0.0846 e. The van der Waals surface area contributed by atoms with Crippen molar-refractivity contribution < 1.29 is 0 Å². The molecule has 6 heteroatoms. The lowest BCUT2D eigenvalue weighted by atomic mass is 9.98. The van der Waals surface area contributed by atoms with Crippen LogP contribution in [-0.2, 0) is 13.5 Å². The Morgan fingerprint density at radius 2 is 2.28 bits per heavy atom. The van der Waals surface area contributed by atoms with E-state index in [1.54, 1.807) is 4.68 Å². The molecule has 0 saturated heterocycles. The molecule has 1 aromatic heterocycles. The number of nitrogens with one attached hydrogen (secondary N) is 1. The fourth-order valence-electron chi connectivity index (χ4n) is 1.94. The number of halogens is 1. The van der Waals surface area contributed by atoms with Gasteiger partial charge in [0, 0.05) is 24.7 Å². The van der Waals surface area contributed by atoms with Crippen LogP contribution in [0.5, 0.6) is 0 Å². The van der Waals surface area contributed by atoms with Gasteiger partial charge in [0.25, 0.3) is 0 Å². The molecule has 1 atom stereocenters. The molecule has 1 aromatic carbocycles. The molecule has 1 unspecified atom stereocenters. The normalized spacial score (nSPS) is 12.7. The highest BCUT2D eigenvalue weighted by Gasteiger charge is 2.15. The molecule has 2 rings (SSSR count). The molecule has 18 heavy (non-hydrogen) atoms. The monoisotopic (exact) mass is 265 g/mol. The van der Waals surface area contributed by atoms with E-state index in [9.17, 15) is 0 Å². The number of hydrogen-bond acceptors (Lipinski definition) is 4. The fourth-order valence-corrected chi connectivity index (χ4v) is 2.12. The van der Waals surface area contributed by atoms with Crippen molar-refractivity contribution in [3.63, 3.8) is 0 Å². The van der Waals surface area contributed by atoms with Crippen LogP contribution in [0.3, 0.4) is 0 Å². The number of aryl methyl sites for hydroxylation is 2. The molecule has 96 valence electrons. The minimum absolute atomic E-state index is 0.0274. The van der Waals surface area contributed by atoms with E-state index in [1.165, 1.54) is 0 Å². The first-order chi connectivity index (χ1) is 8.60. The van der Waals surface area contributed by atoms with E-state index in [4.69, 9.17) is 17.4 Å². The molecule has 0 bridgehead atoms. The molecule has 0 spiro atoms. The van der Waals surface area contributed by atoms with E-state index in [2.05, 4.69) is 15.7 Å². The fraction of sp³-hybridized carbons (Fsp3) is 0.333. The molecule has 0 radical (unpaired) electrons. The molecule has 0 saturated carbocycles. The summed E-state index contributed by atoms with van der Waals surface area (Å²) in [6.45, 7) is 2.03. The summed E-state index contributed by atoms with van der Waals surface area (Å²) in [5, 5.41) is 8.68. The largest absolute Gasteiger partial charge is 0.271 e. The van der Waals surface area contributed by atoms with Gasteiger partial charge in [-0.25, -0.2) is 0 Å². The summed E-state index contributed by atoms with van der Waals surface area (Å²) in [6.07, 6.45) is 2.55. The van der Waals surface area contributed by atoms with Gasteiger partial charge >= 0.3 is 0 Å². The Morgan fingerprint density at radius 3 is 2.89 bits per heavy atom. The first-order valence-corrected chi connectivity index (χ1v) is 6.05. The number of hydrogen-bond donors (Lipinski definition) is 2. The molecule has 3 N–H and O–H groups in total. The summed E-state index contributed by atoms with van der Waals surface area (Å²) < 4.78 is 1.67. The van der Waals surface area contributed by atoms with E-state index in [0.717, 1.165) is 16.8 Å². The van der Waals surface area contributed by atoms with E-state index < -0.39 is 0 Å². The van der Waals surface area contributed by atoms with Gasteiger partial charge in [0.05, 0.1) is 11.7 Å². The minimum atomic E-state index is -0.0274. The highest BCUT2D eigenvalue weighted by Crippen LogP contribution is 2.23. The van der Waals surface area contributed by atoms with Gasteiger partial charge in [-0.15, -0.1) is 5.10 Å². The van der Waals surface area contributed by atoms with E-state index in [1.807, 2.05) is 38.4 Å². The summed E-state index contributed by atoms with van der Waals surface area (Å²) in [5.74, 6) is 5.63. The van der Waals surface area contributed by atoms with Gasteiger partial charge in [-0.2, -0.15) is 0 Å². The summed E-state index contributed by atoms with van der Waals surface area (Å²) in [7, 11) is 1.84. The van der Waals surface area contributed by atoms with Crippen molar-refractivity contribution in [3.05, 3.63) is 46.2 Å². The molecule has 0 aliphatic carbocycles. The van der Waals surface area contributed by atoms with E-state index in [-0.39, 0.29) is 6.04 Å². The van der Waals surface area contributed by atoms with Crippen molar-refractivity contribution in [3.8, 4) is 0 Å². The Kier molecular flexibility index (Phi) is 3.96. The first-order valence-electron chi connectivity index (χ1n) is 5.67. The predicted octanol–water partition coefficient (Wildman–Crippen LogP) is 1.52. The van der Waals surface area contributed by atoms with Crippen LogP contribution in [0.4, 0.5) is 0 Å². The van der Waals surface area contributed by atoms with Crippen LogP contribution in [0.1, 0.15) is 22.9 Å². The summed E-state index contributed by atoms with van der Waals surface area (Å²) in [5.41, 5.74) is 5.92. The van der Waals surface area contributed by atoms with Gasteiger partial charge in [0.1, 0.15) is 0 Å². The summed E-state index contributed by atoms with van der Waals surface area (Å²) >= 11 is 6.02. The number of nitrogens with two attached hydrogens (primary N) is 1. The highest BCUT2D eigenvalue weighted by molar-refractivity contribution is 6.30. The maximum absolute atomic E-state index is 6.02. The number of benzene rings is 1. The van der Waals surface area contributed by atoms with Crippen molar-refractivity contribution in [2.24, 2.45) is 12.9 Å². The Labute approximate surface area is 111 Å². The van der Waals surface area contributed by atoms with Crippen LogP contribution in [0.15, 0.2) is 24.4 Å². The third-order valence-corrected chi connectivity index (χ3v) is 3.12. The van der Waals surface area contributed by atoms with E-state index in [0.29, 0.717) is 11.4 Å².